The van der Waals surface area contributed by atoms with Crippen molar-refractivity contribution in [3.05, 3.63) is 48.6 Å². The quantitative estimate of drug-likeness (QED) is 0.108. The van der Waals surface area contributed by atoms with Gasteiger partial charge in [-0.2, -0.15) is 5.26 Å². The second-order valence-corrected chi connectivity index (χ2v) is 6.20. The van der Waals surface area contributed by atoms with E-state index in [1.807, 2.05) is 24.3 Å². The van der Waals surface area contributed by atoms with Gasteiger partial charge in [0.25, 0.3) is 0 Å². The molecule has 0 aromatic rings. The Balaban J connectivity index is 3.35. The van der Waals surface area contributed by atoms with Crippen LogP contribution in [0.2, 0.25) is 0 Å². The Morgan fingerprint density at radius 3 is 1.84 bits per heavy atom. The minimum Gasteiger partial charge on any atom is -0.301 e. The standard InChI is InChI=1S/C22H36O3/c1-2-3-4-5-6-7-8-9-10-11-12-13-14-15-16-17-18-19-20-21-22(23)25-24/h5-6,14-19,24H,2-4,7-13,20-21H2,1H3/b6-5+,15-14+,17-16+,19-18+. The zero-order valence-corrected chi connectivity index (χ0v) is 15.9. The van der Waals surface area contributed by atoms with Gasteiger partial charge in [0, 0.05) is 0 Å². The summed E-state index contributed by atoms with van der Waals surface area (Å²) in [5.41, 5.74) is 0. The van der Waals surface area contributed by atoms with E-state index in [1.54, 1.807) is 0 Å². The van der Waals surface area contributed by atoms with Crippen LogP contribution in [0.1, 0.15) is 84.0 Å². The molecule has 0 rings (SSSR count). The SMILES string of the molecule is CCCC/C=C/CCCCCCC/C=C/C=C/C=C/CCC(=O)OO. The van der Waals surface area contributed by atoms with Gasteiger partial charge in [0.05, 0.1) is 6.42 Å². The highest BCUT2D eigenvalue weighted by atomic mass is 17.1. The van der Waals surface area contributed by atoms with Crippen LogP contribution >= 0.6 is 0 Å². The zero-order chi connectivity index (χ0) is 18.4. The predicted molar refractivity (Wildman–Crippen MR) is 106 cm³/mol. The summed E-state index contributed by atoms with van der Waals surface area (Å²) < 4.78 is 0. The highest BCUT2D eigenvalue weighted by Gasteiger charge is 1.97. The molecule has 25 heavy (non-hydrogen) atoms. The van der Waals surface area contributed by atoms with E-state index in [0.29, 0.717) is 6.42 Å². The fraction of sp³-hybridized carbons (Fsp3) is 0.591. The maximum absolute atomic E-state index is 10.7. The third kappa shape index (κ3) is 20.3. The van der Waals surface area contributed by atoms with Gasteiger partial charge in [0.15, 0.2) is 0 Å². The van der Waals surface area contributed by atoms with Gasteiger partial charge in [-0.05, 0) is 38.5 Å². The summed E-state index contributed by atoms with van der Waals surface area (Å²) >= 11 is 0. The second kappa shape index (κ2) is 20.4. The zero-order valence-electron chi connectivity index (χ0n) is 15.9. The smallest absolute Gasteiger partial charge is 0.301 e. The maximum atomic E-state index is 10.7. The van der Waals surface area contributed by atoms with Gasteiger partial charge in [-0.15, -0.1) is 0 Å². The molecule has 0 bridgehead atoms. The fourth-order valence-electron chi connectivity index (χ4n) is 2.34. The van der Waals surface area contributed by atoms with Crippen LogP contribution < -0.4 is 0 Å². The van der Waals surface area contributed by atoms with Crippen molar-refractivity contribution in [1.29, 1.82) is 0 Å². The van der Waals surface area contributed by atoms with Crippen LogP contribution in [0.4, 0.5) is 0 Å². The van der Waals surface area contributed by atoms with E-state index in [4.69, 9.17) is 5.26 Å². The Labute approximate surface area is 154 Å². The normalized spacial score (nSPS) is 12.2. The van der Waals surface area contributed by atoms with E-state index in [-0.39, 0.29) is 6.42 Å². The van der Waals surface area contributed by atoms with Crippen LogP contribution in [0, 0.1) is 0 Å². The van der Waals surface area contributed by atoms with Crippen LogP contribution in [-0.4, -0.2) is 11.2 Å². The molecule has 3 heteroatoms. The van der Waals surface area contributed by atoms with Crippen molar-refractivity contribution in [3.63, 3.8) is 0 Å². The lowest BCUT2D eigenvalue weighted by Crippen LogP contribution is -1.98. The average Bonchev–Trinajstić information content (AvgIpc) is 2.63. The number of hydrogen-bond acceptors (Lipinski definition) is 3. The van der Waals surface area contributed by atoms with Crippen molar-refractivity contribution < 1.29 is 14.9 Å². The molecule has 0 amide bonds. The Kier molecular flexibility index (Phi) is 19.1. The average molecular weight is 349 g/mol. The van der Waals surface area contributed by atoms with Crippen LogP contribution in [-0.2, 0) is 9.68 Å². The molecule has 0 aromatic carbocycles. The number of unbranched alkanes of at least 4 members (excludes halogenated alkanes) is 8. The van der Waals surface area contributed by atoms with Crippen molar-refractivity contribution in [2.45, 2.75) is 84.0 Å². The number of hydrogen-bond donors (Lipinski definition) is 1. The fourth-order valence-corrected chi connectivity index (χ4v) is 2.34. The van der Waals surface area contributed by atoms with Gasteiger partial charge in [0.2, 0.25) is 0 Å². The Hall–Kier alpha value is -1.61. The predicted octanol–water partition coefficient (Wildman–Crippen LogP) is 6.93. The third-order valence-electron chi connectivity index (χ3n) is 3.86. The van der Waals surface area contributed by atoms with Crippen molar-refractivity contribution >= 4 is 5.97 Å². The van der Waals surface area contributed by atoms with Crippen LogP contribution in [0.3, 0.4) is 0 Å². The molecule has 0 aromatic heterocycles. The molecule has 0 aliphatic heterocycles. The van der Waals surface area contributed by atoms with Gasteiger partial charge in [0.1, 0.15) is 0 Å². The molecule has 0 atom stereocenters. The van der Waals surface area contributed by atoms with E-state index < -0.39 is 5.97 Å². The summed E-state index contributed by atoms with van der Waals surface area (Å²) in [6, 6.07) is 0. The number of carbonyl (C=O) groups is 1. The summed E-state index contributed by atoms with van der Waals surface area (Å²) in [7, 11) is 0. The van der Waals surface area contributed by atoms with Gasteiger partial charge >= 0.3 is 5.97 Å². The summed E-state index contributed by atoms with van der Waals surface area (Å²) in [5, 5.41) is 8.09. The minimum atomic E-state index is -0.600. The molecular weight excluding hydrogens is 312 g/mol. The Bertz CT molecular complexity index is 405. The molecule has 142 valence electrons. The second-order valence-electron chi connectivity index (χ2n) is 6.20. The Morgan fingerprint density at radius 2 is 1.24 bits per heavy atom. The van der Waals surface area contributed by atoms with E-state index in [9.17, 15) is 4.79 Å². The first-order valence-electron chi connectivity index (χ1n) is 9.78. The molecule has 3 nitrogen and oxygen atoms in total. The van der Waals surface area contributed by atoms with Crippen molar-refractivity contribution in [1.82, 2.24) is 0 Å². The molecule has 0 radical (unpaired) electrons. The molecule has 0 unspecified atom stereocenters. The summed E-state index contributed by atoms with van der Waals surface area (Å²) in [6.45, 7) is 2.24. The lowest BCUT2D eigenvalue weighted by atomic mass is 10.1. The van der Waals surface area contributed by atoms with Crippen molar-refractivity contribution in [2.75, 3.05) is 0 Å². The lowest BCUT2D eigenvalue weighted by molar-refractivity contribution is -0.234. The maximum Gasteiger partial charge on any atom is 0.342 e. The molecule has 0 saturated carbocycles. The lowest BCUT2D eigenvalue weighted by Gasteiger charge is -1.98. The molecule has 0 saturated heterocycles. The van der Waals surface area contributed by atoms with E-state index >= 15 is 0 Å². The number of rotatable bonds is 16. The first-order chi connectivity index (χ1) is 12.3. The van der Waals surface area contributed by atoms with Gasteiger partial charge < -0.3 is 4.89 Å². The Morgan fingerprint density at radius 1 is 0.720 bits per heavy atom. The summed E-state index contributed by atoms with van der Waals surface area (Å²) in [6.07, 6.45) is 30.2. The van der Waals surface area contributed by atoms with Gasteiger partial charge in [-0.25, -0.2) is 4.79 Å². The molecular formula is C22H36O3. The van der Waals surface area contributed by atoms with Gasteiger partial charge in [-0.1, -0.05) is 87.6 Å². The largest absolute Gasteiger partial charge is 0.342 e. The van der Waals surface area contributed by atoms with E-state index in [0.717, 1.165) is 6.42 Å². The van der Waals surface area contributed by atoms with E-state index in [2.05, 4.69) is 36.1 Å². The van der Waals surface area contributed by atoms with Crippen molar-refractivity contribution in [2.24, 2.45) is 0 Å². The van der Waals surface area contributed by atoms with E-state index in [1.165, 1.54) is 57.8 Å². The number of allylic oxidation sites excluding steroid dienone is 8. The van der Waals surface area contributed by atoms with Crippen LogP contribution in [0.25, 0.3) is 0 Å². The number of carbonyl (C=O) groups excluding carboxylic acids is 1. The molecule has 1 N–H and O–H groups in total. The minimum absolute atomic E-state index is 0.200. The third-order valence-corrected chi connectivity index (χ3v) is 3.86. The highest BCUT2D eigenvalue weighted by molar-refractivity contribution is 5.68. The van der Waals surface area contributed by atoms with Crippen LogP contribution in [0.15, 0.2) is 48.6 Å². The first kappa shape index (κ1) is 23.4. The summed E-state index contributed by atoms with van der Waals surface area (Å²) in [5.74, 6) is -0.600. The van der Waals surface area contributed by atoms with Crippen LogP contribution in [0.5, 0.6) is 0 Å². The molecule has 0 heterocycles. The molecule has 0 fully saturated rings. The van der Waals surface area contributed by atoms with Gasteiger partial charge in [-0.3, -0.25) is 0 Å². The molecule has 0 aliphatic carbocycles. The first-order valence-corrected chi connectivity index (χ1v) is 9.78. The highest BCUT2D eigenvalue weighted by Crippen LogP contribution is 2.08. The summed E-state index contributed by atoms with van der Waals surface area (Å²) in [4.78, 5) is 14.2. The molecule has 0 aliphatic rings. The topological polar surface area (TPSA) is 46.5 Å². The monoisotopic (exact) mass is 348 g/mol. The molecule has 0 spiro atoms. The van der Waals surface area contributed by atoms with Crippen molar-refractivity contribution in [3.8, 4) is 0 Å².